The van der Waals surface area contributed by atoms with Gasteiger partial charge in [0.15, 0.2) is 11.5 Å². The zero-order valence-electron chi connectivity index (χ0n) is 16.1. The third-order valence-electron chi connectivity index (χ3n) is 5.28. The number of hydrogen-bond donors (Lipinski definition) is 0. The van der Waals surface area contributed by atoms with E-state index in [0.717, 1.165) is 35.9 Å². The fraction of sp³-hybridized carbons (Fsp3) is 0.238. The van der Waals surface area contributed by atoms with Crippen LogP contribution in [0.25, 0.3) is 17.0 Å². The standard InChI is InChI=1S/C21H19ClN6OS/c22-17-4-2-1-3-15(17)13-20(29)27-10-8-26(9-11-27)19-6-5-18-23-24-21(28(18)25-19)16-7-12-30-14-16/h1-7,12,14H,8-11,13H2. The fourth-order valence-electron chi connectivity index (χ4n) is 3.62. The Labute approximate surface area is 182 Å². The van der Waals surface area contributed by atoms with E-state index in [4.69, 9.17) is 16.7 Å². The Morgan fingerprint density at radius 1 is 1.03 bits per heavy atom. The molecular weight excluding hydrogens is 420 g/mol. The first-order chi connectivity index (χ1) is 14.7. The van der Waals surface area contributed by atoms with Crippen LogP contribution in [0.4, 0.5) is 5.82 Å². The summed E-state index contributed by atoms with van der Waals surface area (Å²) in [5.74, 6) is 1.70. The van der Waals surface area contributed by atoms with Crippen LogP contribution in [0.5, 0.6) is 0 Å². The Morgan fingerprint density at radius 3 is 2.63 bits per heavy atom. The van der Waals surface area contributed by atoms with Crippen LogP contribution < -0.4 is 4.90 Å². The highest BCUT2D eigenvalue weighted by Gasteiger charge is 2.23. The van der Waals surface area contributed by atoms with E-state index in [1.807, 2.05) is 58.1 Å². The van der Waals surface area contributed by atoms with Crippen molar-refractivity contribution in [3.8, 4) is 11.4 Å². The van der Waals surface area contributed by atoms with Gasteiger partial charge >= 0.3 is 0 Å². The summed E-state index contributed by atoms with van der Waals surface area (Å²) in [5.41, 5.74) is 2.59. The topological polar surface area (TPSA) is 66.6 Å². The normalized spacial score (nSPS) is 14.4. The summed E-state index contributed by atoms with van der Waals surface area (Å²) in [5, 5.41) is 17.9. The first kappa shape index (κ1) is 19.0. The summed E-state index contributed by atoms with van der Waals surface area (Å²) in [6.45, 7) is 2.76. The van der Waals surface area contributed by atoms with E-state index >= 15 is 0 Å². The third kappa shape index (κ3) is 3.64. The molecule has 0 aliphatic carbocycles. The minimum Gasteiger partial charge on any atom is -0.352 e. The van der Waals surface area contributed by atoms with E-state index < -0.39 is 0 Å². The fourth-order valence-corrected chi connectivity index (χ4v) is 4.46. The predicted octanol–water partition coefficient (Wildman–Crippen LogP) is 3.40. The van der Waals surface area contributed by atoms with Gasteiger partial charge in [-0.2, -0.15) is 15.9 Å². The lowest BCUT2D eigenvalue weighted by Crippen LogP contribution is -2.49. The molecule has 9 heteroatoms. The van der Waals surface area contributed by atoms with Gasteiger partial charge in [-0.15, -0.1) is 15.3 Å². The van der Waals surface area contributed by atoms with Crippen molar-refractivity contribution in [2.75, 3.05) is 31.1 Å². The summed E-state index contributed by atoms with van der Waals surface area (Å²) in [7, 11) is 0. The molecule has 152 valence electrons. The molecule has 1 aliphatic rings. The van der Waals surface area contributed by atoms with E-state index in [1.54, 1.807) is 15.9 Å². The number of amides is 1. The van der Waals surface area contributed by atoms with Crippen molar-refractivity contribution in [3.63, 3.8) is 0 Å². The lowest BCUT2D eigenvalue weighted by Gasteiger charge is -2.35. The average molecular weight is 439 g/mol. The molecule has 5 rings (SSSR count). The number of rotatable bonds is 4. The number of aromatic nitrogens is 4. The lowest BCUT2D eigenvalue weighted by atomic mass is 10.1. The van der Waals surface area contributed by atoms with Crippen LogP contribution in [0.2, 0.25) is 5.02 Å². The molecule has 7 nitrogen and oxygen atoms in total. The van der Waals surface area contributed by atoms with Crippen LogP contribution in [-0.4, -0.2) is 56.8 Å². The monoisotopic (exact) mass is 438 g/mol. The van der Waals surface area contributed by atoms with E-state index in [0.29, 0.717) is 30.2 Å². The maximum absolute atomic E-state index is 12.7. The summed E-state index contributed by atoms with van der Waals surface area (Å²) in [6.07, 6.45) is 0.328. The molecule has 0 saturated carbocycles. The highest BCUT2D eigenvalue weighted by Crippen LogP contribution is 2.22. The van der Waals surface area contributed by atoms with Gasteiger partial charge in [0.05, 0.1) is 6.42 Å². The quantitative estimate of drug-likeness (QED) is 0.488. The molecule has 4 heterocycles. The molecule has 1 aromatic carbocycles. The Morgan fingerprint density at radius 2 is 1.87 bits per heavy atom. The second kappa shape index (κ2) is 8.04. The molecule has 1 saturated heterocycles. The first-order valence-corrected chi connectivity index (χ1v) is 11.0. The van der Waals surface area contributed by atoms with Crippen molar-refractivity contribution < 1.29 is 4.79 Å². The van der Waals surface area contributed by atoms with Gasteiger partial charge < -0.3 is 9.80 Å². The van der Waals surface area contributed by atoms with Gasteiger partial charge in [-0.3, -0.25) is 4.79 Å². The largest absolute Gasteiger partial charge is 0.352 e. The van der Waals surface area contributed by atoms with Gasteiger partial charge in [0.25, 0.3) is 0 Å². The molecule has 1 amide bonds. The molecule has 1 aliphatic heterocycles. The number of halogens is 1. The van der Waals surface area contributed by atoms with Gasteiger partial charge in [-0.25, -0.2) is 0 Å². The molecule has 0 bridgehead atoms. The maximum atomic E-state index is 12.7. The zero-order valence-corrected chi connectivity index (χ0v) is 17.7. The van der Waals surface area contributed by atoms with E-state index in [-0.39, 0.29) is 5.91 Å². The molecule has 30 heavy (non-hydrogen) atoms. The summed E-state index contributed by atoms with van der Waals surface area (Å²) in [6, 6.07) is 13.4. The number of hydrogen-bond acceptors (Lipinski definition) is 6. The Bertz CT molecular complexity index is 1180. The summed E-state index contributed by atoms with van der Waals surface area (Å²) >= 11 is 7.82. The number of carbonyl (C=O) groups is 1. The van der Waals surface area contributed by atoms with Crippen LogP contribution >= 0.6 is 22.9 Å². The zero-order chi connectivity index (χ0) is 20.5. The van der Waals surface area contributed by atoms with Gasteiger partial charge in [0.2, 0.25) is 5.91 Å². The summed E-state index contributed by atoms with van der Waals surface area (Å²) < 4.78 is 1.78. The van der Waals surface area contributed by atoms with Crippen LogP contribution in [0.15, 0.2) is 53.2 Å². The number of nitrogens with zero attached hydrogens (tertiary/aromatic N) is 6. The molecule has 4 aromatic rings. The van der Waals surface area contributed by atoms with Gasteiger partial charge in [0, 0.05) is 42.1 Å². The Balaban J connectivity index is 1.28. The van der Waals surface area contributed by atoms with Crippen LogP contribution in [0, 0.1) is 0 Å². The van der Waals surface area contributed by atoms with Crippen molar-refractivity contribution in [1.82, 2.24) is 24.7 Å². The number of carbonyl (C=O) groups excluding carboxylic acids is 1. The molecule has 3 aromatic heterocycles. The van der Waals surface area contributed by atoms with Crippen LogP contribution in [0.1, 0.15) is 5.56 Å². The molecule has 1 fully saturated rings. The van der Waals surface area contributed by atoms with Crippen molar-refractivity contribution >= 4 is 40.3 Å². The molecule has 0 atom stereocenters. The Hall–Kier alpha value is -2.97. The number of anilines is 1. The average Bonchev–Trinajstić information content (AvgIpc) is 3.44. The van der Waals surface area contributed by atoms with E-state index in [1.165, 1.54) is 0 Å². The minimum atomic E-state index is 0.102. The highest BCUT2D eigenvalue weighted by atomic mass is 35.5. The SMILES string of the molecule is O=C(Cc1ccccc1Cl)N1CCN(c2ccc3nnc(-c4ccsc4)n3n2)CC1. The summed E-state index contributed by atoms with van der Waals surface area (Å²) in [4.78, 5) is 16.8. The van der Waals surface area contributed by atoms with E-state index in [9.17, 15) is 4.79 Å². The number of thiophene rings is 1. The highest BCUT2D eigenvalue weighted by molar-refractivity contribution is 7.08. The van der Waals surface area contributed by atoms with Crippen LogP contribution in [0.3, 0.4) is 0 Å². The smallest absolute Gasteiger partial charge is 0.227 e. The number of fused-ring (bicyclic) bond motifs is 1. The van der Waals surface area contributed by atoms with E-state index in [2.05, 4.69) is 15.1 Å². The second-order valence-corrected chi connectivity index (χ2v) is 8.32. The van der Waals surface area contributed by atoms with Crippen molar-refractivity contribution in [3.05, 3.63) is 63.8 Å². The molecule has 0 N–H and O–H groups in total. The minimum absolute atomic E-state index is 0.102. The number of piperazine rings is 1. The maximum Gasteiger partial charge on any atom is 0.227 e. The van der Waals surface area contributed by atoms with Crippen LogP contribution in [-0.2, 0) is 11.2 Å². The van der Waals surface area contributed by atoms with Crippen molar-refractivity contribution in [2.45, 2.75) is 6.42 Å². The van der Waals surface area contributed by atoms with Gasteiger partial charge in [0.1, 0.15) is 5.82 Å². The Kier molecular flexibility index (Phi) is 5.10. The van der Waals surface area contributed by atoms with Crippen molar-refractivity contribution in [1.29, 1.82) is 0 Å². The van der Waals surface area contributed by atoms with Crippen molar-refractivity contribution in [2.24, 2.45) is 0 Å². The second-order valence-electron chi connectivity index (χ2n) is 7.13. The first-order valence-electron chi connectivity index (χ1n) is 9.70. The predicted molar refractivity (Wildman–Crippen MR) is 118 cm³/mol. The lowest BCUT2D eigenvalue weighted by molar-refractivity contribution is -0.130. The molecule has 0 spiro atoms. The molecule has 0 unspecified atom stereocenters. The van der Waals surface area contributed by atoms with Gasteiger partial charge in [-0.1, -0.05) is 29.8 Å². The number of benzene rings is 1. The third-order valence-corrected chi connectivity index (χ3v) is 6.34. The molecule has 0 radical (unpaired) electrons. The molecular formula is C21H19ClN6OS. The van der Waals surface area contributed by atoms with Gasteiger partial charge in [-0.05, 0) is 35.2 Å².